The van der Waals surface area contributed by atoms with Gasteiger partial charge in [-0.1, -0.05) is 18.6 Å². The topological polar surface area (TPSA) is 67.2 Å². The molecule has 2 aromatic carbocycles. The molecule has 4 rings (SSSR count). The van der Waals surface area contributed by atoms with E-state index in [-0.39, 0.29) is 11.5 Å². The smallest absolute Gasteiger partial charge is 0.265 e. The molecule has 3 aromatic rings. The van der Waals surface area contributed by atoms with Crippen molar-refractivity contribution < 1.29 is 4.79 Å². The normalized spacial score (nSPS) is 17.0. The molecule has 0 radical (unpaired) electrons. The second-order valence-corrected chi connectivity index (χ2v) is 8.35. The third-order valence-corrected chi connectivity index (χ3v) is 6.18. The van der Waals surface area contributed by atoms with Crippen LogP contribution in [-0.4, -0.2) is 46.0 Å². The summed E-state index contributed by atoms with van der Waals surface area (Å²) in [4.78, 5) is 32.5. The number of hydrogen-bond donors (Lipinski definition) is 1. The van der Waals surface area contributed by atoms with Crippen LogP contribution in [0.25, 0.3) is 16.6 Å². The number of nitrogens with zero attached hydrogens (tertiary/aromatic N) is 3. The van der Waals surface area contributed by atoms with Gasteiger partial charge in [-0.15, -0.1) is 0 Å². The fraction of sp³-hybridized carbons (Fsp3) is 0.400. The summed E-state index contributed by atoms with van der Waals surface area (Å²) in [6, 6.07) is 15.1. The van der Waals surface area contributed by atoms with Crippen LogP contribution in [0.15, 0.2) is 53.3 Å². The molecular weight excluding hydrogens is 388 g/mol. The molecule has 1 unspecified atom stereocenters. The second kappa shape index (κ2) is 9.43. The zero-order valence-electron chi connectivity index (χ0n) is 18.3. The van der Waals surface area contributed by atoms with Crippen LogP contribution in [0.3, 0.4) is 0 Å². The molecule has 0 spiro atoms. The third-order valence-electron chi connectivity index (χ3n) is 6.18. The van der Waals surface area contributed by atoms with E-state index in [0.717, 1.165) is 13.0 Å². The number of carbonyl (C=O) groups is 1. The van der Waals surface area contributed by atoms with E-state index in [1.54, 1.807) is 34.9 Å². The highest BCUT2D eigenvalue weighted by Gasteiger charge is 2.17. The lowest BCUT2D eigenvalue weighted by atomic mass is 10.0. The largest absolute Gasteiger partial charge is 0.352 e. The zero-order valence-corrected chi connectivity index (χ0v) is 18.3. The Morgan fingerprint density at radius 1 is 1.13 bits per heavy atom. The van der Waals surface area contributed by atoms with E-state index in [2.05, 4.69) is 22.1 Å². The Bertz CT molecular complexity index is 1120. The molecule has 1 amide bonds. The van der Waals surface area contributed by atoms with Crippen molar-refractivity contribution in [1.82, 2.24) is 19.8 Å². The van der Waals surface area contributed by atoms with Gasteiger partial charge in [-0.05, 0) is 76.1 Å². The van der Waals surface area contributed by atoms with Crippen molar-refractivity contribution in [3.63, 3.8) is 0 Å². The zero-order chi connectivity index (χ0) is 21.8. The summed E-state index contributed by atoms with van der Waals surface area (Å²) in [6.45, 7) is 6.96. The van der Waals surface area contributed by atoms with Gasteiger partial charge < -0.3 is 10.2 Å². The van der Waals surface area contributed by atoms with Crippen LogP contribution < -0.4 is 10.9 Å². The van der Waals surface area contributed by atoms with Crippen LogP contribution in [0.1, 0.15) is 48.8 Å². The molecule has 6 heteroatoms. The van der Waals surface area contributed by atoms with E-state index < -0.39 is 0 Å². The van der Waals surface area contributed by atoms with E-state index in [1.165, 1.54) is 25.8 Å². The molecule has 162 valence electrons. The number of carbonyl (C=O) groups excluding carboxylic acids is 1. The number of aryl methyl sites for hydroxylation is 1. The molecule has 0 aliphatic carbocycles. The molecule has 1 fully saturated rings. The molecule has 1 aromatic heterocycles. The summed E-state index contributed by atoms with van der Waals surface area (Å²) in [5.74, 6) is 0.534. The van der Waals surface area contributed by atoms with Gasteiger partial charge in [0.25, 0.3) is 11.5 Å². The van der Waals surface area contributed by atoms with Crippen molar-refractivity contribution in [2.75, 3.05) is 19.6 Å². The molecule has 0 bridgehead atoms. The van der Waals surface area contributed by atoms with Gasteiger partial charge in [0.05, 0.1) is 16.6 Å². The van der Waals surface area contributed by atoms with Crippen LogP contribution >= 0.6 is 0 Å². The highest BCUT2D eigenvalue weighted by atomic mass is 16.1. The number of amides is 1. The fourth-order valence-electron chi connectivity index (χ4n) is 4.39. The average Bonchev–Trinajstić information content (AvgIpc) is 2.78. The summed E-state index contributed by atoms with van der Waals surface area (Å²) in [7, 11) is 0. The molecule has 6 nitrogen and oxygen atoms in total. The highest BCUT2D eigenvalue weighted by Crippen LogP contribution is 2.16. The first-order valence-corrected chi connectivity index (χ1v) is 11.2. The minimum atomic E-state index is -0.104. The monoisotopic (exact) mass is 418 g/mol. The SMILES string of the molecule is Cc1nc2ccccc2c(=O)n1-c1ccc(C(=O)NCCCN2CCCCC2C)cc1. The van der Waals surface area contributed by atoms with Crippen LogP contribution in [-0.2, 0) is 0 Å². The Morgan fingerprint density at radius 3 is 2.68 bits per heavy atom. The van der Waals surface area contributed by atoms with Gasteiger partial charge in [0, 0.05) is 24.7 Å². The standard InChI is InChI=1S/C25H30N4O2/c1-18-8-5-6-16-28(18)17-7-15-26-24(30)20-11-13-21(14-12-20)29-19(2)27-23-10-4-3-9-22(23)25(29)31/h3-4,9-14,18H,5-8,15-17H2,1-2H3,(H,26,30). The number of fused-ring (bicyclic) bond motifs is 1. The summed E-state index contributed by atoms with van der Waals surface area (Å²) in [5.41, 5.74) is 1.88. The van der Waals surface area contributed by atoms with Gasteiger partial charge in [0.1, 0.15) is 5.82 Å². The minimum Gasteiger partial charge on any atom is -0.352 e. The first kappa shape index (κ1) is 21.2. The van der Waals surface area contributed by atoms with Gasteiger partial charge in [-0.25, -0.2) is 4.98 Å². The van der Waals surface area contributed by atoms with Crippen LogP contribution in [0, 0.1) is 6.92 Å². The third kappa shape index (κ3) is 4.69. The van der Waals surface area contributed by atoms with Crippen LogP contribution in [0.5, 0.6) is 0 Å². The number of hydrogen-bond acceptors (Lipinski definition) is 4. The molecule has 2 heterocycles. The van der Waals surface area contributed by atoms with Crippen molar-refractivity contribution in [1.29, 1.82) is 0 Å². The minimum absolute atomic E-state index is 0.0843. The summed E-state index contributed by atoms with van der Waals surface area (Å²) >= 11 is 0. The molecule has 1 N–H and O–H groups in total. The Kier molecular flexibility index (Phi) is 6.47. The van der Waals surface area contributed by atoms with Crippen molar-refractivity contribution in [3.05, 3.63) is 70.3 Å². The van der Waals surface area contributed by atoms with Gasteiger partial charge in [-0.2, -0.15) is 0 Å². The van der Waals surface area contributed by atoms with E-state index in [1.807, 2.05) is 25.1 Å². The quantitative estimate of drug-likeness (QED) is 0.620. The van der Waals surface area contributed by atoms with Crippen molar-refractivity contribution in [2.45, 2.75) is 45.6 Å². The number of piperidine rings is 1. The van der Waals surface area contributed by atoms with Gasteiger partial charge >= 0.3 is 0 Å². The fourth-order valence-corrected chi connectivity index (χ4v) is 4.39. The van der Waals surface area contributed by atoms with Crippen molar-refractivity contribution >= 4 is 16.8 Å². The number of para-hydroxylation sites is 1. The summed E-state index contributed by atoms with van der Waals surface area (Å²) in [5, 5.41) is 3.59. The first-order valence-electron chi connectivity index (χ1n) is 11.2. The Morgan fingerprint density at radius 2 is 1.90 bits per heavy atom. The summed E-state index contributed by atoms with van der Waals surface area (Å²) in [6.07, 6.45) is 4.82. The molecular formula is C25H30N4O2. The number of aromatic nitrogens is 2. The lowest BCUT2D eigenvalue weighted by Gasteiger charge is -2.33. The Balaban J connectivity index is 1.40. The van der Waals surface area contributed by atoms with E-state index in [9.17, 15) is 9.59 Å². The first-order chi connectivity index (χ1) is 15.0. The van der Waals surface area contributed by atoms with E-state index in [4.69, 9.17) is 0 Å². The molecule has 1 aliphatic rings. The Labute approximate surface area is 182 Å². The Hall–Kier alpha value is -2.99. The lowest BCUT2D eigenvalue weighted by molar-refractivity contribution is 0.0949. The average molecular weight is 419 g/mol. The van der Waals surface area contributed by atoms with Crippen LogP contribution in [0.4, 0.5) is 0 Å². The molecule has 0 saturated carbocycles. The maximum absolute atomic E-state index is 12.9. The van der Waals surface area contributed by atoms with Crippen LogP contribution in [0.2, 0.25) is 0 Å². The van der Waals surface area contributed by atoms with Gasteiger partial charge in [0.15, 0.2) is 0 Å². The molecule has 1 aliphatic heterocycles. The highest BCUT2D eigenvalue weighted by molar-refractivity contribution is 5.94. The van der Waals surface area contributed by atoms with Crippen molar-refractivity contribution in [3.8, 4) is 5.69 Å². The number of likely N-dealkylation sites (tertiary alicyclic amines) is 1. The summed E-state index contributed by atoms with van der Waals surface area (Å²) < 4.78 is 1.59. The molecule has 1 atom stereocenters. The molecule has 31 heavy (non-hydrogen) atoms. The predicted octanol–water partition coefficient (Wildman–Crippen LogP) is 3.69. The number of nitrogens with one attached hydrogen (secondary N) is 1. The number of rotatable bonds is 6. The lowest BCUT2D eigenvalue weighted by Crippen LogP contribution is -2.39. The maximum atomic E-state index is 12.9. The van der Waals surface area contributed by atoms with E-state index in [0.29, 0.717) is 40.6 Å². The molecule has 1 saturated heterocycles. The maximum Gasteiger partial charge on any atom is 0.265 e. The second-order valence-electron chi connectivity index (χ2n) is 8.35. The van der Waals surface area contributed by atoms with Gasteiger partial charge in [-0.3, -0.25) is 14.2 Å². The predicted molar refractivity (Wildman–Crippen MR) is 124 cm³/mol. The van der Waals surface area contributed by atoms with Gasteiger partial charge in [0.2, 0.25) is 0 Å². The van der Waals surface area contributed by atoms with Crippen molar-refractivity contribution in [2.24, 2.45) is 0 Å². The van der Waals surface area contributed by atoms with E-state index >= 15 is 0 Å². The number of benzene rings is 2.